The molecule has 6 nitrogen and oxygen atoms in total. The van der Waals surface area contributed by atoms with E-state index >= 15 is 0 Å². The zero-order valence-electron chi connectivity index (χ0n) is 18.9. The van der Waals surface area contributed by atoms with E-state index < -0.39 is 36.1 Å². The molecule has 1 aromatic carbocycles. The van der Waals surface area contributed by atoms with Crippen molar-refractivity contribution in [3.05, 3.63) is 64.8 Å². The van der Waals surface area contributed by atoms with Crippen molar-refractivity contribution in [3.8, 4) is 11.5 Å². The maximum atomic E-state index is 12.8. The lowest BCUT2D eigenvalue weighted by Gasteiger charge is -2.51. The predicted octanol–water partition coefficient (Wildman–Crippen LogP) is 4.91. The molecule has 2 rings (SSSR count). The summed E-state index contributed by atoms with van der Waals surface area (Å²) in [5, 5.41) is 22.6. The molecule has 4 atom stereocenters. The van der Waals surface area contributed by atoms with Gasteiger partial charge >= 0.3 is 5.97 Å². The molecule has 7 heteroatoms. The first kappa shape index (κ1) is 24.6. The summed E-state index contributed by atoms with van der Waals surface area (Å²) >= 11 is 0. The van der Waals surface area contributed by atoms with Crippen molar-refractivity contribution >= 4 is 19.7 Å². The van der Waals surface area contributed by atoms with Crippen LogP contribution in [0.3, 0.4) is 0 Å². The third-order valence-corrected chi connectivity index (χ3v) is 6.80. The molecule has 1 saturated carbocycles. The zero-order chi connectivity index (χ0) is 23.6. The SMILES string of the molecule is C=C[C@@]1(C)[C@H](OC(=O)c2ccc([N+](=O)[O-])cc2)C[C@@H](C(=C)C)C[C@]1(O)C#C[Si](C)(C)C. The Labute approximate surface area is 185 Å². The molecule has 0 bridgehead atoms. The summed E-state index contributed by atoms with van der Waals surface area (Å²) in [6, 6.07) is 5.25. The van der Waals surface area contributed by atoms with Gasteiger partial charge < -0.3 is 9.84 Å². The number of nitro groups is 1. The van der Waals surface area contributed by atoms with Gasteiger partial charge in [0, 0.05) is 12.1 Å². The van der Waals surface area contributed by atoms with Gasteiger partial charge in [0.05, 0.1) is 15.9 Å². The topological polar surface area (TPSA) is 89.7 Å². The molecule has 31 heavy (non-hydrogen) atoms. The number of carbonyl (C=O) groups excluding carboxylic acids is 1. The van der Waals surface area contributed by atoms with Crippen molar-refractivity contribution in [1.82, 2.24) is 0 Å². The van der Waals surface area contributed by atoms with Gasteiger partial charge in [0.25, 0.3) is 5.69 Å². The average molecular weight is 442 g/mol. The molecule has 0 aliphatic heterocycles. The Balaban J connectivity index is 2.43. The van der Waals surface area contributed by atoms with Crippen LogP contribution in [0.4, 0.5) is 5.69 Å². The van der Waals surface area contributed by atoms with Gasteiger partial charge in [0.2, 0.25) is 0 Å². The molecule has 0 unspecified atom stereocenters. The number of hydrogen-bond donors (Lipinski definition) is 1. The Hall–Kier alpha value is -2.69. The van der Waals surface area contributed by atoms with Gasteiger partial charge in [0.1, 0.15) is 19.8 Å². The third-order valence-electron chi connectivity index (χ3n) is 5.93. The number of hydrogen-bond acceptors (Lipinski definition) is 5. The maximum Gasteiger partial charge on any atom is 0.338 e. The van der Waals surface area contributed by atoms with Crippen molar-refractivity contribution in [2.45, 2.75) is 58.0 Å². The fourth-order valence-corrected chi connectivity index (χ4v) is 4.25. The van der Waals surface area contributed by atoms with E-state index in [9.17, 15) is 20.0 Å². The van der Waals surface area contributed by atoms with Crippen LogP contribution in [0, 0.1) is 32.9 Å². The maximum absolute atomic E-state index is 12.8. The number of nitro benzene ring substituents is 1. The summed E-state index contributed by atoms with van der Waals surface area (Å²) in [7, 11) is -1.77. The second-order valence-corrected chi connectivity index (χ2v) is 14.3. The Morgan fingerprint density at radius 1 is 1.35 bits per heavy atom. The molecule has 0 aromatic heterocycles. The summed E-state index contributed by atoms with van der Waals surface area (Å²) in [4.78, 5) is 23.2. The lowest BCUT2D eigenvalue weighted by Crippen LogP contribution is -2.58. The fraction of sp³-hybridized carbons (Fsp3) is 0.458. The molecular formula is C24H31NO5Si. The van der Waals surface area contributed by atoms with E-state index in [-0.39, 0.29) is 17.2 Å². The van der Waals surface area contributed by atoms with Gasteiger partial charge in [0.15, 0.2) is 0 Å². The minimum atomic E-state index is -1.77. The molecule has 1 fully saturated rings. The van der Waals surface area contributed by atoms with E-state index in [4.69, 9.17) is 4.74 Å². The molecular weight excluding hydrogens is 410 g/mol. The average Bonchev–Trinajstić information content (AvgIpc) is 2.69. The van der Waals surface area contributed by atoms with Crippen molar-refractivity contribution in [2.24, 2.45) is 11.3 Å². The highest BCUT2D eigenvalue weighted by Gasteiger charge is 2.56. The molecule has 1 aliphatic rings. The van der Waals surface area contributed by atoms with Crippen LogP contribution in [-0.4, -0.2) is 35.8 Å². The molecule has 0 amide bonds. The van der Waals surface area contributed by atoms with Crippen LogP contribution < -0.4 is 0 Å². The van der Waals surface area contributed by atoms with Gasteiger partial charge in [-0.25, -0.2) is 4.79 Å². The van der Waals surface area contributed by atoms with Crippen molar-refractivity contribution < 1.29 is 19.6 Å². The number of rotatable bonds is 5. The first-order valence-corrected chi connectivity index (χ1v) is 13.7. The number of ether oxygens (including phenoxy) is 1. The molecule has 0 spiro atoms. The number of esters is 1. The number of aliphatic hydroxyl groups is 1. The minimum Gasteiger partial charge on any atom is -0.458 e. The molecule has 0 heterocycles. The van der Waals surface area contributed by atoms with Crippen LogP contribution >= 0.6 is 0 Å². The third kappa shape index (κ3) is 5.33. The van der Waals surface area contributed by atoms with Crippen molar-refractivity contribution in [3.63, 3.8) is 0 Å². The second kappa shape index (κ2) is 8.81. The van der Waals surface area contributed by atoms with Gasteiger partial charge in [-0.3, -0.25) is 10.1 Å². The summed E-state index contributed by atoms with van der Waals surface area (Å²) in [5.74, 6) is 2.42. The summed E-state index contributed by atoms with van der Waals surface area (Å²) in [6.07, 6.45) is 1.79. The Kier molecular flexibility index (Phi) is 6.99. The highest BCUT2D eigenvalue weighted by atomic mass is 28.3. The number of non-ortho nitro benzene ring substituents is 1. The van der Waals surface area contributed by atoms with Crippen LogP contribution in [0.1, 0.15) is 37.0 Å². The second-order valence-electron chi connectivity index (χ2n) is 9.53. The normalized spacial score (nSPS) is 28.1. The van der Waals surface area contributed by atoms with Crippen LogP contribution in [-0.2, 0) is 4.74 Å². The predicted molar refractivity (Wildman–Crippen MR) is 124 cm³/mol. The van der Waals surface area contributed by atoms with Gasteiger partial charge in [-0.05, 0) is 44.7 Å². The summed E-state index contributed by atoms with van der Waals surface area (Å²) in [5.41, 5.74) is 1.81. The van der Waals surface area contributed by atoms with Crippen LogP contribution in [0.25, 0.3) is 0 Å². The minimum absolute atomic E-state index is 0.0800. The smallest absolute Gasteiger partial charge is 0.338 e. The number of allylic oxidation sites excluding steroid dienone is 1. The van der Waals surface area contributed by atoms with Crippen LogP contribution in [0.2, 0.25) is 19.6 Å². The van der Waals surface area contributed by atoms with Gasteiger partial charge in [-0.2, -0.15) is 0 Å². The standard InChI is InChI=1S/C24H31NO5Si/c1-8-23(4)21(30-22(26)18-9-11-20(12-10-18)25(28)29)15-19(17(2)3)16-24(23,27)13-14-31(5,6)7/h8-12,19,21,27H,1-2,15-16H2,3-7H3/t19-,21-,23+,24-/m1/s1. The molecule has 0 radical (unpaired) electrons. The highest BCUT2D eigenvalue weighted by molar-refractivity contribution is 6.83. The largest absolute Gasteiger partial charge is 0.458 e. The molecule has 1 N–H and O–H groups in total. The number of nitrogens with zero attached hydrogens (tertiary/aromatic N) is 1. The van der Waals surface area contributed by atoms with E-state index in [0.717, 1.165) is 5.57 Å². The summed E-state index contributed by atoms with van der Waals surface area (Å²) in [6.45, 7) is 18.0. The van der Waals surface area contributed by atoms with Gasteiger partial charge in [-0.15, -0.1) is 12.1 Å². The van der Waals surface area contributed by atoms with Crippen molar-refractivity contribution in [2.75, 3.05) is 0 Å². The molecule has 166 valence electrons. The fourth-order valence-electron chi connectivity index (χ4n) is 3.67. The van der Waals surface area contributed by atoms with Crippen molar-refractivity contribution in [1.29, 1.82) is 0 Å². The van der Waals surface area contributed by atoms with E-state index in [2.05, 4.69) is 44.3 Å². The first-order chi connectivity index (χ1) is 14.2. The highest BCUT2D eigenvalue weighted by Crippen LogP contribution is 2.50. The van der Waals surface area contributed by atoms with Crippen LogP contribution in [0.5, 0.6) is 0 Å². The van der Waals surface area contributed by atoms with E-state index in [1.165, 1.54) is 24.3 Å². The monoisotopic (exact) mass is 441 g/mol. The molecule has 0 saturated heterocycles. The lowest BCUT2D eigenvalue weighted by atomic mass is 9.59. The molecule has 1 aliphatic carbocycles. The summed E-state index contributed by atoms with van der Waals surface area (Å²) < 4.78 is 5.85. The first-order valence-electron chi connectivity index (χ1n) is 10.2. The van der Waals surface area contributed by atoms with E-state index in [1.807, 2.05) is 6.92 Å². The van der Waals surface area contributed by atoms with E-state index in [1.54, 1.807) is 13.0 Å². The number of carbonyl (C=O) groups is 1. The number of benzene rings is 1. The molecule has 1 aromatic rings. The van der Waals surface area contributed by atoms with E-state index in [0.29, 0.717) is 12.8 Å². The lowest BCUT2D eigenvalue weighted by molar-refractivity contribution is -0.384. The Morgan fingerprint density at radius 2 is 1.94 bits per heavy atom. The van der Waals surface area contributed by atoms with Gasteiger partial charge in [-0.1, -0.05) is 43.8 Å². The van der Waals surface area contributed by atoms with Crippen LogP contribution in [0.15, 0.2) is 49.1 Å². The Bertz CT molecular complexity index is 953. The zero-order valence-corrected chi connectivity index (χ0v) is 19.9. The quantitative estimate of drug-likeness (QED) is 0.175. The Morgan fingerprint density at radius 3 is 2.39 bits per heavy atom.